The topological polar surface area (TPSA) is 3.24 Å². The molecule has 114 valence electrons. The minimum Gasteiger partial charge on any atom is -0.298 e. The lowest BCUT2D eigenvalue weighted by molar-refractivity contribution is 0.0162. The second kappa shape index (κ2) is 7.11. The maximum atomic E-state index is 2.77. The van der Waals surface area contributed by atoms with Crippen molar-refractivity contribution in [1.82, 2.24) is 4.90 Å². The van der Waals surface area contributed by atoms with Gasteiger partial charge in [0.15, 0.2) is 0 Å². The van der Waals surface area contributed by atoms with Crippen molar-refractivity contribution in [2.45, 2.75) is 92.0 Å². The first-order chi connectivity index (χ1) is 8.95. The Kier molecular flexibility index (Phi) is 6.36. The summed E-state index contributed by atoms with van der Waals surface area (Å²) < 4.78 is 0. The molecule has 0 aromatic heterocycles. The smallest absolute Gasteiger partial charge is 0.0176 e. The van der Waals surface area contributed by atoms with Gasteiger partial charge in [0.05, 0.1) is 0 Å². The average Bonchev–Trinajstić information content (AvgIpc) is 2.46. The third-order valence-corrected chi connectivity index (χ3v) is 6.40. The highest BCUT2D eigenvalue weighted by Gasteiger charge is 2.37. The molecular formula is C18H37N. The van der Waals surface area contributed by atoms with Crippen LogP contribution in [0, 0.1) is 11.3 Å². The van der Waals surface area contributed by atoms with Crippen molar-refractivity contribution in [3.8, 4) is 0 Å². The van der Waals surface area contributed by atoms with Gasteiger partial charge in [-0.3, -0.25) is 4.90 Å². The summed E-state index contributed by atoms with van der Waals surface area (Å²) in [6, 6.07) is 0. The fraction of sp³-hybridized carbons (Fsp3) is 1.00. The van der Waals surface area contributed by atoms with Crippen LogP contribution < -0.4 is 0 Å². The zero-order valence-electron chi connectivity index (χ0n) is 14.4. The zero-order chi connectivity index (χ0) is 14.5. The Labute approximate surface area is 122 Å². The van der Waals surface area contributed by atoms with Crippen molar-refractivity contribution in [2.24, 2.45) is 11.3 Å². The van der Waals surface area contributed by atoms with E-state index < -0.39 is 0 Å². The van der Waals surface area contributed by atoms with Crippen molar-refractivity contribution in [2.75, 3.05) is 13.1 Å². The second-order valence-electron chi connectivity index (χ2n) is 7.22. The predicted molar refractivity (Wildman–Crippen MR) is 86.6 cm³/mol. The summed E-state index contributed by atoms with van der Waals surface area (Å²) in [6.45, 7) is 17.1. The molecule has 0 aromatic rings. The van der Waals surface area contributed by atoms with Gasteiger partial charge in [-0.25, -0.2) is 0 Å². The van der Waals surface area contributed by atoms with E-state index >= 15 is 0 Å². The molecule has 19 heavy (non-hydrogen) atoms. The van der Waals surface area contributed by atoms with Crippen molar-refractivity contribution in [3.63, 3.8) is 0 Å². The lowest BCUT2D eigenvalue weighted by Gasteiger charge is -2.48. The predicted octanol–water partition coefficient (Wildman–Crippen LogP) is 5.49. The Morgan fingerprint density at radius 3 is 1.79 bits per heavy atom. The van der Waals surface area contributed by atoms with Gasteiger partial charge in [0.2, 0.25) is 0 Å². The number of piperidine rings is 1. The minimum absolute atomic E-state index is 0.443. The van der Waals surface area contributed by atoms with E-state index in [1.807, 2.05) is 0 Å². The van der Waals surface area contributed by atoms with Crippen molar-refractivity contribution < 1.29 is 0 Å². The summed E-state index contributed by atoms with van der Waals surface area (Å²) >= 11 is 0. The molecule has 1 rings (SSSR count). The Morgan fingerprint density at radius 1 is 0.895 bits per heavy atom. The van der Waals surface area contributed by atoms with Crippen LogP contribution in [0.5, 0.6) is 0 Å². The van der Waals surface area contributed by atoms with Crippen molar-refractivity contribution in [3.05, 3.63) is 0 Å². The third-order valence-electron chi connectivity index (χ3n) is 6.40. The monoisotopic (exact) mass is 267 g/mol. The van der Waals surface area contributed by atoms with Gasteiger partial charge in [-0.15, -0.1) is 0 Å². The molecule has 0 amide bonds. The van der Waals surface area contributed by atoms with Crippen LogP contribution in [0.25, 0.3) is 0 Å². The van der Waals surface area contributed by atoms with Gasteiger partial charge in [0.25, 0.3) is 0 Å². The molecule has 1 nitrogen and oxygen atoms in total. The van der Waals surface area contributed by atoms with E-state index in [0.717, 1.165) is 5.92 Å². The molecule has 0 saturated carbocycles. The van der Waals surface area contributed by atoms with Crippen LogP contribution >= 0.6 is 0 Å². The Balaban J connectivity index is 2.61. The van der Waals surface area contributed by atoms with E-state index in [9.17, 15) is 0 Å². The Morgan fingerprint density at radius 2 is 1.42 bits per heavy atom. The SMILES string of the molecule is CCCC(C)(CC)C1CCN(C(C)(CC)CC)CC1. The number of rotatable bonds is 7. The van der Waals surface area contributed by atoms with Crippen LogP contribution in [0.15, 0.2) is 0 Å². The molecule has 1 unspecified atom stereocenters. The molecule has 1 saturated heterocycles. The number of likely N-dealkylation sites (tertiary alicyclic amines) is 1. The van der Waals surface area contributed by atoms with E-state index in [2.05, 4.69) is 46.4 Å². The first-order valence-electron chi connectivity index (χ1n) is 8.70. The Hall–Kier alpha value is -0.0400. The molecule has 1 aliphatic rings. The number of hydrogen-bond donors (Lipinski definition) is 0. The largest absolute Gasteiger partial charge is 0.298 e. The Bertz CT molecular complexity index is 248. The highest BCUT2D eigenvalue weighted by molar-refractivity contribution is 4.91. The quantitative estimate of drug-likeness (QED) is 0.589. The molecule has 1 heteroatoms. The van der Waals surface area contributed by atoms with E-state index in [-0.39, 0.29) is 0 Å². The molecule has 0 N–H and O–H groups in total. The van der Waals surface area contributed by atoms with Gasteiger partial charge in [-0.2, -0.15) is 0 Å². The molecule has 1 heterocycles. The lowest BCUT2D eigenvalue weighted by Crippen LogP contribution is -2.51. The van der Waals surface area contributed by atoms with Crippen LogP contribution in [0.2, 0.25) is 0 Å². The summed E-state index contributed by atoms with van der Waals surface area (Å²) in [4.78, 5) is 2.77. The van der Waals surface area contributed by atoms with Crippen LogP contribution in [0.1, 0.15) is 86.5 Å². The molecule has 0 bridgehead atoms. The number of nitrogens with zero attached hydrogens (tertiary/aromatic N) is 1. The van der Waals surface area contributed by atoms with Gasteiger partial charge in [-0.1, -0.05) is 47.5 Å². The maximum Gasteiger partial charge on any atom is 0.0176 e. The van der Waals surface area contributed by atoms with E-state index in [1.165, 1.54) is 58.0 Å². The first-order valence-corrected chi connectivity index (χ1v) is 8.70. The van der Waals surface area contributed by atoms with Crippen LogP contribution in [0.3, 0.4) is 0 Å². The van der Waals surface area contributed by atoms with Crippen LogP contribution in [-0.4, -0.2) is 23.5 Å². The average molecular weight is 268 g/mol. The minimum atomic E-state index is 0.443. The fourth-order valence-electron chi connectivity index (χ4n) is 4.05. The van der Waals surface area contributed by atoms with E-state index in [1.54, 1.807) is 0 Å². The maximum absolute atomic E-state index is 2.77. The normalized spacial score (nSPS) is 22.4. The third kappa shape index (κ3) is 3.74. The van der Waals surface area contributed by atoms with Crippen molar-refractivity contribution >= 4 is 0 Å². The molecular weight excluding hydrogens is 230 g/mol. The number of hydrogen-bond acceptors (Lipinski definition) is 1. The van der Waals surface area contributed by atoms with Crippen LogP contribution in [-0.2, 0) is 0 Å². The first kappa shape index (κ1) is 17.0. The second-order valence-corrected chi connectivity index (χ2v) is 7.22. The highest BCUT2D eigenvalue weighted by Crippen LogP contribution is 2.43. The molecule has 0 spiro atoms. The molecule has 0 aromatic carbocycles. The van der Waals surface area contributed by atoms with E-state index in [0.29, 0.717) is 11.0 Å². The lowest BCUT2D eigenvalue weighted by atomic mass is 9.67. The molecule has 1 aliphatic heterocycles. The summed E-state index contributed by atoms with van der Waals surface area (Å²) in [5.74, 6) is 0.951. The summed E-state index contributed by atoms with van der Waals surface area (Å²) in [6.07, 6.45) is 9.51. The van der Waals surface area contributed by atoms with Gasteiger partial charge in [0, 0.05) is 5.54 Å². The van der Waals surface area contributed by atoms with Crippen molar-refractivity contribution in [1.29, 1.82) is 0 Å². The van der Waals surface area contributed by atoms with Crippen LogP contribution in [0.4, 0.5) is 0 Å². The zero-order valence-corrected chi connectivity index (χ0v) is 14.4. The van der Waals surface area contributed by atoms with Gasteiger partial charge < -0.3 is 0 Å². The highest BCUT2D eigenvalue weighted by atomic mass is 15.2. The molecule has 1 atom stereocenters. The fourth-order valence-corrected chi connectivity index (χ4v) is 4.05. The molecule has 0 aliphatic carbocycles. The van der Waals surface area contributed by atoms with Gasteiger partial charge in [0.1, 0.15) is 0 Å². The molecule has 1 fully saturated rings. The van der Waals surface area contributed by atoms with Gasteiger partial charge >= 0.3 is 0 Å². The summed E-state index contributed by atoms with van der Waals surface area (Å²) in [5, 5.41) is 0. The molecule has 0 radical (unpaired) electrons. The summed E-state index contributed by atoms with van der Waals surface area (Å²) in [5.41, 5.74) is 1.04. The standard InChI is InChI=1S/C18H37N/c1-7-13-17(5,8-2)16-11-14-19(15-12-16)18(6,9-3)10-4/h16H,7-15H2,1-6H3. The van der Waals surface area contributed by atoms with E-state index in [4.69, 9.17) is 0 Å². The van der Waals surface area contributed by atoms with Gasteiger partial charge in [-0.05, 0) is 63.5 Å². The summed E-state index contributed by atoms with van der Waals surface area (Å²) in [7, 11) is 0.